The number of rotatable bonds is 4. The fraction of sp³-hybridized carbons (Fsp3) is 0.267. The Morgan fingerprint density at radius 2 is 2.23 bits per heavy atom. The molecule has 3 rings (SSSR count). The van der Waals surface area contributed by atoms with Gasteiger partial charge in [-0.25, -0.2) is 9.66 Å². The number of nitrogens with zero attached hydrogens (tertiary/aromatic N) is 2. The third-order valence-electron chi connectivity index (χ3n) is 3.21. The van der Waals surface area contributed by atoms with E-state index in [-0.39, 0.29) is 11.5 Å². The summed E-state index contributed by atoms with van der Waals surface area (Å²) in [6, 6.07) is 3.66. The molecule has 0 saturated heterocycles. The maximum absolute atomic E-state index is 12.3. The SMILES string of the molecule is CCCc1cc(C(=O)Nn2cnc3sc(C)cc3c2=O)cs1. The number of fused-ring (bicyclic) bond motifs is 1. The second-order valence-corrected chi connectivity index (χ2v) is 7.22. The van der Waals surface area contributed by atoms with E-state index in [1.807, 2.05) is 18.4 Å². The van der Waals surface area contributed by atoms with Gasteiger partial charge in [-0.3, -0.25) is 15.0 Å². The summed E-state index contributed by atoms with van der Waals surface area (Å²) in [4.78, 5) is 31.7. The van der Waals surface area contributed by atoms with Gasteiger partial charge in [0.2, 0.25) is 0 Å². The second-order valence-electron chi connectivity index (χ2n) is 4.99. The fourth-order valence-corrected chi connectivity index (χ4v) is 3.98. The minimum absolute atomic E-state index is 0.258. The van der Waals surface area contributed by atoms with Crippen LogP contribution in [0, 0.1) is 6.92 Å². The molecule has 1 N–H and O–H groups in total. The van der Waals surface area contributed by atoms with Crippen LogP contribution in [-0.2, 0) is 6.42 Å². The number of hydrogen-bond acceptors (Lipinski definition) is 5. The van der Waals surface area contributed by atoms with Gasteiger partial charge >= 0.3 is 0 Å². The number of thiophene rings is 2. The first-order valence-electron chi connectivity index (χ1n) is 6.95. The molecule has 0 spiro atoms. The van der Waals surface area contributed by atoms with E-state index >= 15 is 0 Å². The molecule has 0 radical (unpaired) electrons. The second kappa shape index (κ2) is 6.02. The molecule has 0 fully saturated rings. The molecule has 5 nitrogen and oxygen atoms in total. The molecule has 0 aliphatic heterocycles. The molecule has 3 aromatic rings. The van der Waals surface area contributed by atoms with Crippen molar-refractivity contribution in [1.82, 2.24) is 9.66 Å². The lowest BCUT2D eigenvalue weighted by Crippen LogP contribution is -2.32. The van der Waals surface area contributed by atoms with Crippen LogP contribution in [0.3, 0.4) is 0 Å². The minimum atomic E-state index is -0.297. The number of carbonyl (C=O) groups excluding carboxylic acids is 1. The van der Waals surface area contributed by atoms with Gasteiger partial charge in [-0.2, -0.15) is 0 Å². The van der Waals surface area contributed by atoms with Crippen LogP contribution in [0.4, 0.5) is 0 Å². The van der Waals surface area contributed by atoms with E-state index in [0.717, 1.165) is 22.4 Å². The first kappa shape index (κ1) is 14.9. The summed E-state index contributed by atoms with van der Waals surface area (Å²) in [5.74, 6) is -0.297. The molecule has 3 aromatic heterocycles. The summed E-state index contributed by atoms with van der Waals surface area (Å²) in [5, 5.41) is 2.34. The average molecular weight is 333 g/mol. The van der Waals surface area contributed by atoms with Gasteiger partial charge in [0, 0.05) is 15.1 Å². The van der Waals surface area contributed by atoms with Crippen LogP contribution in [0.15, 0.2) is 28.6 Å². The summed E-state index contributed by atoms with van der Waals surface area (Å²) in [7, 11) is 0. The van der Waals surface area contributed by atoms with Gasteiger partial charge < -0.3 is 0 Å². The zero-order valence-corrected chi connectivity index (χ0v) is 13.9. The van der Waals surface area contributed by atoms with Crippen LogP contribution < -0.4 is 11.0 Å². The number of aryl methyl sites for hydroxylation is 2. The van der Waals surface area contributed by atoms with Crippen molar-refractivity contribution in [2.75, 3.05) is 5.43 Å². The van der Waals surface area contributed by atoms with Crippen LogP contribution in [0.25, 0.3) is 10.2 Å². The van der Waals surface area contributed by atoms with E-state index in [9.17, 15) is 9.59 Å². The summed E-state index contributed by atoms with van der Waals surface area (Å²) >= 11 is 3.02. The van der Waals surface area contributed by atoms with Gasteiger partial charge in [-0.1, -0.05) is 13.3 Å². The smallest absolute Gasteiger partial charge is 0.267 e. The van der Waals surface area contributed by atoms with Crippen molar-refractivity contribution in [1.29, 1.82) is 0 Å². The highest BCUT2D eigenvalue weighted by Gasteiger charge is 2.12. The average Bonchev–Trinajstić information content (AvgIpc) is 3.09. The standard InChI is InChI=1S/C15H15N3O2S2/c1-3-4-11-6-10(7-21-11)13(19)17-18-8-16-14-12(15(18)20)5-9(2)22-14/h5-8H,3-4H2,1-2H3,(H,17,19). The van der Waals surface area contributed by atoms with Crippen molar-refractivity contribution >= 4 is 38.8 Å². The summed E-state index contributed by atoms with van der Waals surface area (Å²) < 4.78 is 1.15. The quantitative estimate of drug-likeness (QED) is 0.797. The lowest BCUT2D eigenvalue weighted by atomic mass is 10.2. The molecular weight excluding hydrogens is 318 g/mol. The third kappa shape index (κ3) is 2.82. The molecule has 1 amide bonds. The molecule has 0 unspecified atom stereocenters. The zero-order valence-electron chi connectivity index (χ0n) is 12.3. The molecule has 7 heteroatoms. The van der Waals surface area contributed by atoms with E-state index in [4.69, 9.17) is 0 Å². The predicted molar refractivity (Wildman–Crippen MR) is 90.6 cm³/mol. The van der Waals surface area contributed by atoms with Gasteiger partial charge in [0.1, 0.15) is 11.2 Å². The number of aromatic nitrogens is 2. The minimum Gasteiger partial charge on any atom is -0.267 e. The van der Waals surface area contributed by atoms with Gasteiger partial charge in [-0.05, 0) is 25.5 Å². The Hall–Kier alpha value is -1.99. The fourth-order valence-electron chi connectivity index (χ4n) is 2.17. The van der Waals surface area contributed by atoms with Crippen molar-refractivity contribution in [3.63, 3.8) is 0 Å². The van der Waals surface area contributed by atoms with Crippen LogP contribution in [0.1, 0.15) is 33.5 Å². The Kier molecular flexibility index (Phi) is 4.08. The lowest BCUT2D eigenvalue weighted by Gasteiger charge is -2.06. The largest absolute Gasteiger partial charge is 0.280 e. The van der Waals surface area contributed by atoms with Gasteiger partial charge in [0.05, 0.1) is 10.9 Å². The van der Waals surface area contributed by atoms with Crippen molar-refractivity contribution in [2.24, 2.45) is 0 Å². The van der Waals surface area contributed by atoms with E-state index in [1.54, 1.807) is 17.4 Å². The number of amides is 1. The van der Waals surface area contributed by atoms with Gasteiger partial charge in [-0.15, -0.1) is 22.7 Å². The summed E-state index contributed by atoms with van der Waals surface area (Å²) in [6.45, 7) is 4.03. The van der Waals surface area contributed by atoms with Crippen LogP contribution in [0.2, 0.25) is 0 Å². The predicted octanol–water partition coefficient (Wildman–Crippen LogP) is 3.16. The first-order chi connectivity index (χ1) is 10.6. The van der Waals surface area contributed by atoms with Crippen molar-refractivity contribution in [3.8, 4) is 0 Å². The molecule has 0 aliphatic carbocycles. The first-order valence-corrected chi connectivity index (χ1v) is 8.64. The van der Waals surface area contributed by atoms with E-state index in [0.29, 0.717) is 15.8 Å². The van der Waals surface area contributed by atoms with Crippen LogP contribution >= 0.6 is 22.7 Å². The highest BCUT2D eigenvalue weighted by molar-refractivity contribution is 7.18. The van der Waals surface area contributed by atoms with Crippen molar-refractivity contribution < 1.29 is 4.79 Å². The summed E-state index contributed by atoms with van der Waals surface area (Å²) in [6.07, 6.45) is 3.36. The van der Waals surface area contributed by atoms with E-state index in [1.165, 1.54) is 22.5 Å². The monoisotopic (exact) mass is 333 g/mol. The number of nitrogens with one attached hydrogen (secondary N) is 1. The Morgan fingerprint density at radius 1 is 1.41 bits per heavy atom. The molecule has 0 aliphatic rings. The van der Waals surface area contributed by atoms with Crippen LogP contribution in [-0.4, -0.2) is 15.6 Å². The third-order valence-corrected chi connectivity index (χ3v) is 5.16. The molecule has 114 valence electrons. The topological polar surface area (TPSA) is 64.0 Å². The van der Waals surface area contributed by atoms with E-state index in [2.05, 4.69) is 17.3 Å². The van der Waals surface area contributed by atoms with Gasteiger partial charge in [0.15, 0.2) is 0 Å². The van der Waals surface area contributed by atoms with Crippen molar-refractivity contribution in [2.45, 2.75) is 26.7 Å². The maximum atomic E-state index is 12.3. The Labute approximate surface area is 135 Å². The highest BCUT2D eigenvalue weighted by atomic mass is 32.1. The Balaban J connectivity index is 1.87. The zero-order chi connectivity index (χ0) is 15.7. The molecule has 0 atom stereocenters. The maximum Gasteiger partial charge on any atom is 0.280 e. The molecule has 0 aromatic carbocycles. The van der Waals surface area contributed by atoms with E-state index < -0.39 is 0 Å². The number of hydrogen-bond donors (Lipinski definition) is 1. The molecular formula is C15H15N3O2S2. The lowest BCUT2D eigenvalue weighted by molar-refractivity contribution is 0.101. The molecule has 22 heavy (non-hydrogen) atoms. The Bertz CT molecular complexity index is 892. The molecule has 0 bridgehead atoms. The van der Waals surface area contributed by atoms with Crippen molar-refractivity contribution in [3.05, 3.63) is 49.5 Å². The van der Waals surface area contributed by atoms with Gasteiger partial charge in [0.25, 0.3) is 11.5 Å². The summed E-state index contributed by atoms with van der Waals surface area (Å²) in [5.41, 5.74) is 2.91. The molecule has 0 saturated carbocycles. The Morgan fingerprint density at radius 3 is 3.00 bits per heavy atom. The number of carbonyl (C=O) groups is 1. The molecule has 3 heterocycles. The highest BCUT2D eigenvalue weighted by Crippen LogP contribution is 2.19. The normalized spacial score (nSPS) is 11.0. The van der Waals surface area contributed by atoms with Crippen LogP contribution in [0.5, 0.6) is 0 Å².